The van der Waals surface area contributed by atoms with Crippen molar-refractivity contribution in [1.82, 2.24) is 10.3 Å². The molecule has 0 bridgehead atoms. The number of likely N-dealkylation sites (N-methyl/N-ethyl adjacent to an activating group) is 1. The highest BCUT2D eigenvalue weighted by molar-refractivity contribution is 7.07. The molecule has 0 aliphatic carbocycles. The Balaban J connectivity index is 1.58. The fourth-order valence-electron chi connectivity index (χ4n) is 2.44. The number of hydrogen-bond donors (Lipinski definition) is 2. The summed E-state index contributed by atoms with van der Waals surface area (Å²) in [6, 6.07) is 4.92. The molecule has 0 saturated carbocycles. The number of nitrogens with one attached hydrogen (secondary N) is 2. The monoisotopic (exact) mass is 346 g/mol. The summed E-state index contributed by atoms with van der Waals surface area (Å²) in [4.78, 5) is 29.5. The van der Waals surface area contributed by atoms with Gasteiger partial charge in [-0.3, -0.25) is 4.79 Å². The van der Waals surface area contributed by atoms with Crippen LogP contribution in [0.15, 0.2) is 29.1 Å². The summed E-state index contributed by atoms with van der Waals surface area (Å²) in [5, 5.41) is 7.50. The van der Waals surface area contributed by atoms with Gasteiger partial charge in [-0.25, -0.2) is 9.78 Å². The van der Waals surface area contributed by atoms with E-state index >= 15 is 0 Å². The van der Waals surface area contributed by atoms with Crippen molar-refractivity contribution in [3.8, 4) is 5.75 Å². The molecular weight excluding hydrogens is 328 g/mol. The number of hydrogen-bond acceptors (Lipinski definition) is 5. The van der Waals surface area contributed by atoms with E-state index in [0.717, 1.165) is 5.69 Å². The molecule has 0 unspecified atom stereocenters. The van der Waals surface area contributed by atoms with E-state index in [0.29, 0.717) is 30.1 Å². The van der Waals surface area contributed by atoms with E-state index in [2.05, 4.69) is 15.6 Å². The predicted octanol–water partition coefficient (Wildman–Crippen LogP) is 2.25. The smallest absolute Gasteiger partial charge is 0.319 e. The van der Waals surface area contributed by atoms with Gasteiger partial charge in [0.25, 0.3) is 5.91 Å². The molecule has 3 amide bonds. The molecule has 1 aromatic carbocycles. The zero-order valence-electron chi connectivity index (χ0n) is 13.4. The van der Waals surface area contributed by atoms with Crippen LogP contribution in [0.25, 0.3) is 0 Å². The van der Waals surface area contributed by atoms with E-state index in [-0.39, 0.29) is 11.9 Å². The van der Waals surface area contributed by atoms with Crippen molar-refractivity contribution in [3.63, 3.8) is 0 Å². The van der Waals surface area contributed by atoms with Crippen molar-refractivity contribution in [1.29, 1.82) is 0 Å². The zero-order chi connectivity index (χ0) is 17.1. The lowest BCUT2D eigenvalue weighted by Crippen LogP contribution is -2.42. The number of ether oxygens (including phenoxy) is 1. The van der Waals surface area contributed by atoms with Crippen LogP contribution in [-0.4, -0.2) is 36.6 Å². The van der Waals surface area contributed by atoms with Gasteiger partial charge >= 0.3 is 6.03 Å². The molecule has 2 heterocycles. The first-order valence-corrected chi connectivity index (χ1v) is 8.49. The van der Waals surface area contributed by atoms with Crippen LogP contribution in [0.1, 0.15) is 12.6 Å². The minimum atomic E-state index is -0.537. The van der Waals surface area contributed by atoms with E-state index in [4.69, 9.17) is 4.74 Å². The normalized spacial score (nSPS) is 16.3. The molecular formula is C16H18N4O3S. The van der Waals surface area contributed by atoms with Crippen molar-refractivity contribution >= 4 is 34.6 Å². The first-order chi connectivity index (χ1) is 11.5. The van der Waals surface area contributed by atoms with Gasteiger partial charge in [-0.2, -0.15) is 0 Å². The SMILES string of the molecule is C[C@H]1Oc2cc(NC(=O)NCCc3cscn3)ccc2N(C)C1=O. The fourth-order valence-corrected chi connectivity index (χ4v) is 3.03. The van der Waals surface area contributed by atoms with Gasteiger partial charge in [-0.15, -0.1) is 11.3 Å². The van der Waals surface area contributed by atoms with Crippen LogP contribution in [0, 0.1) is 0 Å². The number of carbonyl (C=O) groups excluding carboxylic acids is 2. The molecule has 1 aliphatic rings. The number of benzene rings is 1. The summed E-state index contributed by atoms with van der Waals surface area (Å²) in [5.74, 6) is 0.480. The number of carbonyl (C=O) groups is 2. The average molecular weight is 346 g/mol. The Bertz CT molecular complexity index is 748. The van der Waals surface area contributed by atoms with Crippen molar-refractivity contribution in [3.05, 3.63) is 34.8 Å². The largest absolute Gasteiger partial charge is 0.479 e. The lowest BCUT2D eigenvalue weighted by atomic mass is 10.2. The Hall–Kier alpha value is -2.61. The Morgan fingerprint density at radius 2 is 2.29 bits per heavy atom. The maximum atomic E-state index is 11.9. The molecule has 0 fully saturated rings. The Labute approximate surface area is 143 Å². The maximum absolute atomic E-state index is 11.9. The second kappa shape index (κ2) is 6.88. The van der Waals surface area contributed by atoms with Gasteiger partial charge in [0.1, 0.15) is 5.75 Å². The molecule has 8 heteroatoms. The summed E-state index contributed by atoms with van der Waals surface area (Å²) in [6.07, 6.45) is 0.152. The fraction of sp³-hybridized carbons (Fsp3) is 0.312. The molecule has 0 saturated heterocycles. The van der Waals surface area contributed by atoms with Crippen LogP contribution in [0.4, 0.5) is 16.2 Å². The minimum absolute atomic E-state index is 0.0945. The Morgan fingerprint density at radius 3 is 3.04 bits per heavy atom. The van der Waals surface area contributed by atoms with Crippen LogP contribution in [0.5, 0.6) is 5.75 Å². The molecule has 3 rings (SSSR count). The number of anilines is 2. The second-order valence-corrected chi connectivity index (χ2v) is 6.17. The van der Waals surface area contributed by atoms with Crippen LogP contribution in [-0.2, 0) is 11.2 Å². The summed E-state index contributed by atoms with van der Waals surface area (Å²) >= 11 is 1.53. The molecule has 2 aromatic rings. The third-order valence-electron chi connectivity index (χ3n) is 3.71. The Morgan fingerprint density at radius 1 is 1.46 bits per heavy atom. The molecule has 1 aromatic heterocycles. The predicted molar refractivity (Wildman–Crippen MR) is 92.8 cm³/mol. The molecule has 1 aliphatic heterocycles. The number of rotatable bonds is 4. The summed E-state index contributed by atoms with van der Waals surface area (Å²) < 4.78 is 5.60. The molecule has 0 spiro atoms. The quantitative estimate of drug-likeness (QED) is 0.889. The number of urea groups is 1. The second-order valence-electron chi connectivity index (χ2n) is 5.45. The van der Waals surface area contributed by atoms with Crippen molar-refractivity contribution < 1.29 is 14.3 Å². The van der Waals surface area contributed by atoms with Gasteiger partial charge in [-0.1, -0.05) is 0 Å². The van der Waals surface area contributed by atoms with Gasteiger partial charge in [-0.05, 0) is 19.1 Å². The third-order valence-corrected chi connectivity index (χ3v) is 4.35. The highest BCUT2D eigenvalue weighted by atomic mass is 32.1. The number of aromatic nitrogens is 1. The lowest BCUT2D eigenvalue weighted by Gasteiger charge is -2.30. The number of nitrogens with zero attached hydrogens (tertiary/aromatic N) is 2. The molecule has 0 radical (unpaired) electrons. The van der Waals surface area contributed by atoms with Gasteiger partial charge < -0.3 is 20.3 Å². The molecule has 126 valence electrons. The number of amides is 3. The first kappa shape index (κ1) is 16.3. The minimum Gasteiger partial charge on any atom is -0.479 e. The van der Waals surface area contributed by atoms with E-state index in [9.17, 15) is 9.59 Å². The standard InChI is InChI=1S/C16H18N4O3S/c1-10-15(21)20(2)13-4-3-11(7-14(13)23-10)19-16(22)17-6-5-12-8-24-9-18-12/h3-4,7-10H,5-6H2,1-2H3,(H2,17,19,22)/t10-/m1/s1. The van der Waals surface area contributed by atoms with E-state index in [1.54, 1.807) is 42.6 Å². The summed E-state index contributed by atoms with van der Waals surface area (Å²) in [7, 11) is 1.71. The summed E-state index contributed by atoms with van der Waals surface area (Å²) in [5.41, 5.74) is 4.03. The van der Waals surface area contributed by atoms with Gasteiger partial charge in [0.15, 0.2) is 6.10 Å². The van der Waals surface area contributed by atoms with E-state index in [1.807, 2.05) is 5.38 Å². The van der Waals surface area contributed by atoms with E-state index < -0.39 is 6.10 Å². The highest BCUT2D eigenvalue weighted by Crippen LogP contribution is 2.35. The van der Waals surface area contributed by atoms with Crippen LogP contribution < -0.4 is 20.3 Å². The first-order valence-electron chi connectivity index (χ1n) is 7.55. The van der Waals surface area contributed by atoms with Crippen LogP contribution in [0.3, 0.4) is 0 Å². The lowest BCUT2D eigenvalue weighted by molar-refractivity contribution is -0.125. The average Bonchev–Trinajstić information content (AvgIpc) is 3.06. The highest BCUT2D eigenvalue weighted by Gasteiger charge is 2.28. The van der Waals surface area contributed by atoms with Gasteiger partial charge in [0.05, 0.1) is 16.9 Å². The zero-order valence-corrected chi connectivity index (χ0v) is 14.2. The van der Waals surface area contributed by atoms with Gasteiger partial charge in [0.2, 0.25) is 0 Å². The van der Waals surface area contributed by atoms with Crippen molar-refractivity contribution in [2.75, 3.05) is 23.8 Å². The van der Waals surface area contributed by atoms with E-state index in [1.165, 1.54) is 11.3 Å². The topological polar surface area (TPSA) is 83.6 Å². The van der Waals surface area contributed by atoms with Crippen molar-refractivity contribution in [2.45, 2.75) is 19.4 Å². The number of thiazole rings is 1. The van der Waals surface area contributed by atoms with Crippen LogP contribution in [0.2, 0.25) is 0 Å². The maximum Gasteiger partial charge on any atom is 0.319 e. The molecule has 24 heavy (non-hydrogen) atoms. The Kier molecular flexibility index (Phi) is 4.66. The number of fused-ring (bicyclic) bond motifs is 1. The summed E-state index contributed by atoms with van der Waals surface area (Å²) in [6.45, 7) is 2.21. The third kappa shape index (κ3) is 3.48. The molecule has 7 nitrogen and oxygen atoms in total. The molecule has 1 atom stereocenters. The van der Waals surface area contributed by atoms with Crippen molar-refractivity contribution in [2.24, 2.45) is 0 Å². The van der Waals surface area contributed by atoms with Crippen LogP contribution >= 0.6 is 11.3 Å². The molecule has 2 N–H and O–H groups in total. The van der Waals surface area contributed by atoms with Gasteiger partial charge in [0, 0.05) is 37.1 Å².